The second-order valence-corrected chi connectivity index (χ2v) is 11.6. The summed E-state index contributed by atoms with van der Waals surface area (Å²) in [5.74, 6) is 0. The molecule has 0 radical (unpaired) electrons. The van der Waals surface area contributed by atoms with Crippen LogP contribution in [0, 0.1) is 0 Å². The van der Waals surface area contributed by atoms with E-state index in [2.05, 4.69) is 107 Å². The zero-order valence-corrected chi connectivity index (χ0v) is 24.7. The lowest BCUT2D eigenvalue weighted by atomic mass is 9.71. The quantitative estimate of drug-likeness (QED) is 0.165. The van der Waals surface area contributed by atoms with Gasteiger partial charge in [0.1, 0.15) is 6.61 Å². The Bertz CT molecular complexity index is 1530. The molecule has 5 rings (SSSR count). The summed E-state index contributed by atoms with van der Waals surface area (Å²) in [5.41, 5.74) is 7.40. The van der Waals surface area contributed by atoms with Gasteiger partial charge in [0.05, 0.1) is 10.4 Å². The Kier molecular flexibility index (Phi) is 10.0. The van der Waals surface area contributed by atoms with Gasteiger partial charge in [0.25, 0.3) is 0 Å². The molecule has 4 aromatic rings. The van der Waals surface area contributed by atoms with Gasteiger partial charge in [-0.2, -0.15) is 0 Å². The first kappa shape index (κ1) is 29.8. The molecule has 0 saturated heterocycles. The van der Waals surface area contributed by atoms with E-state index in [1.807, 2.05) is 6.07 Å². The van der Waals surface area contributed by atoms with Gasteiger partial charge in [0, 0.05) is 31.2 Å². The molecule has 1 aliphatic carbocycles. The fourth-order valence-corrected chi connectivity index (χ4v) is 5.83. The summed E-state index contributed by atoms with van der Waals surface area (Å²) in [6, 6.07) is 27.7. The summed E-state index contributed by atoms with van der Waals surface area (Å²) in [6.07, 6.45) is 11.1. The van der Waals surface area contributed by atoms with Crippen molar-refractivity contribution in [2.24, 2.45) is 0 Å². The third-order valence-corrected chi connectivity index (χ3v) is 8.34. The number of aromatic nitrogens is 1. The minimum Gasteiger partial charge on any atom is -0.465 e. The summed E-state index contributed by atoms with van der Waals surface area (Å²) in [7, 11) is 0. The number of ether oxygens (including phenoxy) is 1. The molecule has 220 valence electrons. The molecule has 0 fully saturated rings. The normalized spacial score (nSPS) is 15.6. The van der Waals surface area contributed by atoms with Gasteiger partial charge in [0.2, 0.25) is 0 Å². The molecule has 0 saturated carbocycles. The minimum absolute atomic E-state index is 0.154. The second kappa shape index (κ2) is 14.5. The van der Waals surface area contributed by atoms with Gasteiger partial charge in [0.15, 0.2) is 0 Å². The Labute approximate surface area is 256 Å². The van der Waals surface area contributed by atoms with Crippen molar-refractivity contribution in [2.45, 2.75) is 37.8 Å². The van der Waals surface area contributed by atoms with Gasteiger partial charge in [-0.15, -0.1) is 11.3 Å². The molecular formula is C35H35N3O4S. The number of amides is 2. The van der Waals surface area contributed by atoms with Gasteiger partial charge < -0.3 is 20.1 Å². The molecule has 1 aliphatic rings. The van der Waals surface area contributed by atoms with Crippen molar-refractivity contribution in [3.8, 4) is 11.1 Å². The van der Waals surface area contributed by atoms with Crippen LogP contribution >= 0.6 is 11.3 Å². The zero-order chi connectivity index (χ0) is 29.9. The number of carbonyl (C=O) groups excluding carboxylic acids is 1. The van der Waals surface area contributed by atoms with E-state index in [0.29, 0.717) is 19.5 Å². The lowest BCUT2D eigenvalue weighted by Gasteiger charge is -2.33. The largest absolute Gasteiger partial charge is 0.465 e. The maximum atomic E-state index is 13.0. The fraction of sp³-hybridized carbons (Fsp3) is 0.229. The summed E-state index contributed by atoms with van der Waals surface area (Å²) >= 11 is 1.43. The van der Waals surface area contributed by atoms with Crippen LogP contribution in [0.2, 0.25) is 0 Å². The molecule has 7 nitrogen and oxygen atoms in total. The van der Waals surface area contributed by atoms with Gasteiger partial charge in [-0.05, 0) is 47.1 Å². The molecule has 1 unspecified atom stereocenters. The molecule has 43 heavy (non-hydrogen) atoms. The van der Waals surface area contributed by atoms with E-state index in [1.54, 1.807) is 16.6 Å². The van der Waals surface area contributed by atoms with Crippen molar-refractivity contribution in [1.29, 1.82) is 0 Å². The van der Waals surface area contributed by atoms with E-state index in [4.69, 9.17) is 9.84 Å². The van der Waals surface area contributed by atoms with Crippen LogP contribution in [0.1, 0.15) is 34.4 Å². The first-order valence-electron chi connectivity index (χ1n) is 14.3. The van der Waals surface area contributed by atoms with E-state index in [1.165, 1.54) is 33.6 Å². The van der Waals surface area contributed by atoms with Crippen molar-refractivity contribution in [1.82, 2.24) is 15.2 Å². The van der Waals surface area contributed by atoms with Crippen LogP contribution in [0.25, 0.3) is 11.1 Å². The van der Waals surface area contributed by atoms with E-state index in [9.17, 15) is 9.59 Å². The number of hydrogen-bond donors (Lipinski definition) is 2. The lowest BCUT2D eigenvalue weighted by Crippen LogP contribution is -2.34. The highest BCUT2D eigenvalue weighted by molar-refractivity contribution is 7.09. The minimum atomic E-state index is -1.08. The highest BCUT2D eigenvalue weighted by atomic mass is 32.1. The van der Waals surface area contributed by atoms with Crippen molar-refractivity contribution in [2.75, 3.05) is 13.1 Å². The van der Waals surface area contributed by atoms with E-state index in [0.717, 1.165) is 23.3 Å². The van der Waals surface area contributed by atoms with Crippen LogP contribution in [-0.4, -0.2) is 40.3 Å². The van der Waals surface area contributed by atoms with Gasteiger partial charge in [-0.3, -0.25) is 4.98 Å². The van der Waals surface area contributed by atoms with Crippen molar-refractivity contribution in [3.63, 3.8) is 0 Å². The highest BCUT2D eigenvalue weighted by Crippen LogP contribution is 2.37. The summed E-state index contributed by atoms with van der Waals surface area (Å²) < 4.78 is 5.54. The van der Waals surface area contributed by atoms with Gasteiger partial charge in [-0.1, -0.05) is 103 Å². The van der Waals surface area contributed by atoms with E-state index >= 15 is 0 Å². The van der Waals surface area contributed by atoms with Gasteiger partial charge in [-0.25, -0.2) is 9.59 Å². The average Bonchev–Trinajstić information content (AvgIpc) is 3.57. The number of allylic oxidation sites excluding steroid dienone is 4. The fourth-order valence-electron chi connectivity index (χ4n) is 5.32. The number of carboxylic acid groups (broad SMARTS) is 1. The number of nitrogens with one attached hydrogen (secondary N) is 1. The smallest absolute Gasteiger partial charge is 0.410 e. The molecule has 1 heterocycles. The molecule has 1 aromatic heterocycles. The number of thiazole rings is 1. The molecule has 1 atom stereocenters. The maximum absolute atomic E-state index is 13.0. The summed E-state index contributed by atoms with van der Waals surface area (Å²) in [4.78, 5) is 30.3. The van der Waals surface area contributed by atoms with Crippen LogP contribution in [0.3, 0.4) is 0 Å². The number of carbonyl (C=O) groups is 2. The van der Waals surface area contributed by atoms with Crippen molar-refractivity contribution >= 4 is 23.5 Å². The monoisotopic (exact) mass is 593 g/mol. The third kappa shape index (κ3) is 8.20. The second-order valence-electron chi connectivity index (χ2n) is 10.6. The SMILES string of the molecule is O=C(O)NCCCN(Cc1ccc(C2(Cc3ccc(-c4ccccc4)cc3)C=CC=CC2)cc1)C(=O)OCc1cncs1. The Balaban J connectivity index is 1.28. The first-order chi connectivity index (χ1) is 21.0. The van der Waals surface area contributed by atoms with Crippen molar-refractivity contribution < 1.29 is 19.4 Å². The number of hydrogen-bond acceptors (Lipinski definition) is 5. The van der Waals surface area contributed by atoms with Crippen LogP contribution < -0.4 is 5.32 Å². The molecule has 0 aliphatic heterocycles. The molecule has 2 N–H and O–H groups in total. The average molecular weight is 594 g/mol. The Hall–Kier alpha value is -4.69. The molecular weight excluding hydrogens is 558 g/mol. The van der Waals surface area contributed by atoms with Crippen LogP contribution in [0.4, 0.5) is 9.59 Å². The predicted octanol–water partition coefficient (Wildman–Crippen LogP) is 7.60. The molecule has 0 spiro atoms. The summed E-state index contributed by atoms with van der Waals surface area (Å²) in [5, 5.41) is 11.2. The zero-order valence-electron chi connectivity index (χ0n) is 23.9. The number of rotatable bonds is 12. The summed E-state index contributed by atoms with van der Waals surface area (Å²) in [6.45, 7) is 1.13. The molecule has 0 bridgehead atoms. The Morgan fingerprint density at radius 2 is 1.70 bits per heavy atom. The lowest BCUT2D eigenvalue weighted by molar-refractivity contribution is 0.0940. The Morgan fingerprint density at radius 1 is 0.953 bits per heavy atom. The van der Waals surface area contributed by atoms with Gasteiger partial charge >= 0.3 is 12.2 Å². The maximum Gasteiger partial charge on any atom is 0.410 e. The standard InChI is InChI=1S/C35H35N3O4S/c39-33(40)37-20-7-21-38(34(41)42-25-32-23-36-26-43-32)24-28-12-16-31(17-13-28)35(18-5-2-6-19-35)22-27-10-14-30(15-11-27)29-8-3-1-4-9-29/h1-6,8-18,23,26,37H,7,19-22,24-25H2,(H,39,40). The molecule has 8 heteroatoms. The van der Waals surface area contributed by atoms with Crippen LogP contribution in [0.5, 0.6) is 0 Å². The van der Waals surface area contributed by atoms with Crippen LogP contribution in [-0.2, 0) is 29.7 Å². The molecule has 2 amide bonds. The first-order valence-corrected chi connectivity index (χ1v) is 15.2. The third-order valence-electron chi connectivity index (χ3n) is 7.59. The predicted molar refractivity (Wildman–Crippen MR) is 170 cm³/mol. The van der Waals surface area contributed by atoms with Crippen LogP contribution in [0.15, 0.2) is 115 Å². The topological polar surface area (TPSA) is 91.8 Å². The highest BCUT2D eigenvalue weighted by Gasteiger charge is 2.30. The number of nitrogens with zero attached hydrogens (tertiary/aromatic N) is 2. The number of benzene rings is 3. The van der Waals surface area contributed by atoms with E-state index in [-0.39, 0.29) is 18.6 Å². The molecule has 3 aromatic carbocycles. The Morgan fingerprint density at radius 3 is 2.37 bits per heavy atom. The van der Waals surface area contributed by atoms with E-state index < -0.39 is 12.2 Å². The van der Waals surface area contributed by atoms with Crippen molar-refractivity contribution in [3.05, 3.63) is 136 Å².